The van der Waals surface area contributed by atoms with Crippen LogP contribution >= 0.6 is 0 Å². The summed E-state index contributed by atoms with van der Waals surface area (Å²) in [6, 6.07) is 0. The van der Waals surface area contributed by atoms with E-state index in [9.17, 15) is 0 Å². The normalized spacial score (nSPS) is 17.2. The van der Waals surface area contributed by atoms with Crippen LogP contribution in [0.1, 0.15) is 45.2 Å². The van der Waals surface area contributed by atoms with Crippen LogP contribution in [0.5, 0.6) is 0 Å². The number of rotatable bonds is 5. The van der Waals surface area contributed by atoms with Crippen LogP contribution in [0.3, 0.4) is 0 Å². The number of imidazole rings is 1. The minimum atomic E-state index is 0.455. The third kappa shape index (κ3) is 1.91. The number of aromatic nitrogens is 4. The quantitative estimate of drug-likeness (QED) is 0.899. The zero-order chi connectivity index (χ0) is 13.6. The van der Waals surface area contributed by atoms with Gasteiger partial charge in [0.05, 0.1) is 5.69 Å². The predicted molar refractivity (Wildman–Crippen MR) is 76.9 cm³/mol. The van der Waals surface area contributed by atoms with E-state index in [0.29, 0.717) is 11.4 Å². The lowest BCUT2D eigenvalue weighted by molar-refractivity contribution is 0.414. The van der Waals surface area contributed by atoms with Crippen molar-refractivity contribution in [3.8, 4) is 0 Å². The first-order chi connectivity index (χ1) is 9.10. The first-order valence-electron chi connectivity index (χ1n) is 7.28. The van der Waals surface area contributed by atoms with Crippen molar-refractivity contribution in [2.45, 2.75) is 52.5 Å². The van der Waals surface area contributed by atoms with E-state index in [-0.39, 0.29) is 0 Å². The molecule has 0 amide bonds. The van der Waals surface area contributed by atoms with E-state index in [1.54, 1.807) is 0 Å². The standard InChI is InChI=1S/C14H23N5/c1-4-6-10-11-12(18(3)17-10)19(13(15)16-11)9-14(5-2)7-8-14/h4-9H2,1-3H3,(H2,15,16). The summed E-state index contributed by atoms with van der Waals surface area (Å²) in [4.78, 5) is 4.56. The second-order valence-corrected chi connectivity index (χ2v) is 5.90. The third-order valence-electron chi connectivity index (χ3n) is 4.51. The molecule has 1 fully saturated rings. The first kappa shape index (κ1) is 12.5. The number of aryl methyl sites for hydroxylation is 2. The zero-order valence-corrected chi connectivity index (χ0v) is 12.1. The fourth-order valence-electron chi connectivity index (χ4n) is 2.96. The molecule has 1 saturated carbocycles. The smallest absolute Gasteiger partial charge is 0.202 e. The Morgan fingerprint density at radius 2 is 2.05 bits per heavy atom. The molecule has 0 radical (unpaired) electrons. The molecule has 104 valence electrons. The monoisotopic (exact) mass is 261 g/mol. The Labute approximate surface area is 113 Å². The summed E-state index contributed by atoms with van der Waals surface area (Å²) in [5.41, 5.74) is 9.74. The Morgan fingerprint density at radius 1 is 1.32 bits per heavy atom. The summed E-state index contributed by atoms with van der Waals surface area (Å²) in [6.07, 6.45) is 5.88. The van der Waals surface area contributed by atoms with E-state index in [4.69, 9.17) is 5.73 Å². The average Bonchev–Trinajstić information content (AvgIpc) is 3.00. The zero-order valence-electron chi connectivity index (χ0n) is 12.1. The highest BCUT2D eigenvalue weighted by atomic mass is 15.3. The number of nitrogens with two attached hydrogens (primary N) is 1. The van der Waals surface area contributed by atoms with E-state index in [1.165, 1.54) is 19.3 Å². The summed E-state index contributed by atoms with van der Waals surface area (Å²) in [5.74, 6) is 0.639. The maximum Gasteiger partial charge on any atom is 0.202 e. The Balaban J connectivity index is 2.06. The molecule has 2 aromatic heterocycles. The van der Waals surface area contributed by atoms with Crippen LogP contribution in [0, 0.1) is 5.41 Å². The van der Waals surface area contributed by atoms with E-state index < -0.39 is 0 Å². The van der Waals surface area contributed by atoms with Gasteiger partial charge in [-0.15, -0.1) is 0 Å². The Bertz CT molecular complexity index is 603. The minimum absolute atomic E-state index is 0.455. The van der Waals surface area contributed by atoms with E-state index in [1.807, 2.05) is 11.7 Å². The second-order valence-electron chi connectivity index (χ2n) is 5.90. The van der Waals surface area contributed by atoms with Crippen molar-refractivity contribution in [2.75, 3.05) is 5.73 Å². The molecule has 2 N–H and O–H groups in total. The molecule has 0 atom stereocenters. The molecular weight excluding hydrogens is 238 g/mol. The van der Waals surface area contributed by atoms with Crippen LogP contribution in [0.2, 0.25) is 0 Å². The molecule has 0 aliphatic heterocycles. The van der Waals surface area contributed by atoms with Gasteiger partial charge in [0.1, 0.15) is 5.52 Å². The molecule has 5 nitrogen and oxygen atoms in total. The number of nitrogen functional groups attached to an aromatic ring is 1. The van der Waals surface area contributed by atoms with Crippen molar-refractivity contribution in [3.63, 3.8) is 0 Å². The van der Waals surface area contributed by atoms with Crippen molar-refractivity contribution in [1.29, 1.82) is 0 Å². The lowest BCUT2D eigenvalue weighted by Crippen LogP contribution is -2.14. The van der Waals surface area contributed by atoms with Crippen molar-refractivity contribution < 1.29 is 0 Å². The molecule has 1 aliphatic rings. The van der Waals surface area contributed by atoms with Crippen LogP contribution in [-0.2, 0) is 20.0 Å². The molecule has 0 unspecified atom stereocenters. The molecule has 5 heteroatoms. The molecule has 19 heavy (non-hydrogen) atoms. The van der Waals surface area contributed by atoms with Crippen molar-refractivity contribution in [2.24, 2.45) is 12.5 Å². The molecule has 2 aromatic rings. The van der Waals surface area contributed by atoms with Crippen LogP contribution < -0.4 is 5.73 Å². The van der Waals surface area contributed by atoms with Gasteiger partial charge in [-0.1, -0.05) is 20.3 Å². The molecule has 0 bridgehead atoms. The fraction of sp³-hybridized carbons (Fsp3) is 0.714. The second kappa shape index (κ2) is 4.25. The number of hydrogen-bond acceptors (Lipinski definition) is 3. The largest absolute Gasteiger partial charge is 0.369 e. The maximum atomic E-state index is 6.13. The van der Waals surface area contributed by atoms with E-state index >= 15 is 0 Å². The van der Waals surface area contributed by atoms with Gasteiger partial charge < -0.3 is 5.73 Å². The summed E-state index contributed by atoms with van der Waals surface area (Å²) in [7, 11) is 1.99. The maximum absolute atomic E-state index is 6.13. The summed E-state index contributed by atoms with van der Waals surface area (Å²) in [5, 5.41) is 4.60. The summed E-state index contributed by atoms with van der Waals surface area (Å²) >= 11 is 0. The Kier molecular flexibility index (Phi) is 2.80. The number of fused-ring (bicyclic) bond motifs is 1. The van der Waals surface area contributed by atoms with Gasteiger partial charge >= 0.3 is 0 Å². The van der Waals surface area contributed by atoms with Gasteiger partial charge in [-0.05, 0) is 31.1 Å². The highest BCUT2D eigenvalue weighted by molar-refractivity contribution is 5.77. The first-order valence-corrected chi connectivity index (χ1v) is 7.28. The highest BCUT2D eigenvalue weighted by Gasteiger charge is 2.41. The average molecular weight is 261 g/mol. The fourth-order valence-corrected chi connectivity index (χ4v) is 2.96. The van der Waals surface area contributed by atoms with Crippen molar-refractivity contribution in [3.05, 3.63) is 5.69 Å². The molecule has 2 heterocycles. The lowest BCUT2D eigenvalue weighted by Gasteiger charge is -2.15. The van der Waals surface area contributed by atoms with Crippen LogP contribution in [0.25, 0.3) is 11.2 Å². The predicted octanol–water partition coefficient (Wildman–Crippen LogP) is 2.49. The van der Waals surface area contributed by atoms with Gasteiger partial charge in [-0.25, -0.2) is 4.98 Å². The molecule has 1 aliphatic carbocycles. The van der Waals surface area contributed by atoms with Gasteiger partial charge in [-0.2, -0.15) is 5.10 Å². The van der Waals surface area contributed by atoms with Gasteiger partial charge in [0, 0.05) is 13.6 Å². The third-order valence-corrected chi connectivity index (χ3v) is 4.51. The summed E-state index contributed by atoms with van der Waals surface area (Å²) < 4.78 is 4.10. The van der Waals surface area contributed by atoms with Crippen molar-refractivity contribution in [1.82, 2.24) is 19.3 Å². The molecular formula is C14H23N5. The molecule has 0 spiro atoms. The summed E-state index contributed by atoms with van der Waals surface area (Å²) in [6.45, 7) is 5.41. The molecule has 0 aromatic carbocycles. The van der Waals surface area contributed by atoms with Crippen molar-refractivity contribution >= 4 is 17.1 Å². The van der Waals surface area contributed by atoms with Crippen LogP contribution in [0.4, 0.5) is 5.95 Å². The highest BCUT2D eigenvalue weighted by Crippen LogP contribution is 2.50. The molecule has 3 rings (SSSR count). The van der Waals surface area contributed by atoms with Gasteiger partial charge in [0.25, 0.3) is 0 Å². The topological polar surface area (TPSA) is 61.7 Å². The number of hydrogen-bond donors (Lipinski definition) is 1. The van der Waals surface area contributed by atoms with Crippen LogP contribution in [0.15, 0.2) is 0 Å². The Hall–Kier alpha value is -1.52. The Morgan fingerprint density at radius 3 is 2.63 bits per heavy atom. The number of anilines is 1. The molecule has 0 saturated heterocycles. The van der Waals surface area contributed by atoms with Gasteiger partial charge in [0.2, 0.25) is 5.95 Å². The minimum Gasteiger partial charge on any atom is -0.369 e. The SMILES string of the molecule is CCCc1nn(C)c2c1nc(N)n2CC1(CC)CC1. The number of nitrogens with zero attached hydrogens (tertiary/aromatic N) is 4. The van der Waals surface area contributed by atoms with Gasteiger partial charge in [0.15, 0.2) is 5.65 Å². The van der Waals surface area contributed by atoms with E-state index in [2.05, 4.69) is 28.5 Å². The lowest BCUT2D eigenvalue weighted by atomic mass is 10.0. The van der Waals surface area contributed by atoms with Gasteiger partial charge in [-0.3, -0.25) is 9.25 Å². The van der Waals surface area contributed by atoms with E-state index in [0.717, 1.165) is 36.2 Å². The van der Waals surface area contributed by atoms with Crippen LogP contribution in [-0.4, -0.2) is 19.3 Å².